The summed E-state index contributed by atoms with van der Waals surface area (Å²) in [6.45, 7) is 7.91. The molecule has 24 heavy (non-hydrogen) atoms. The molecule has 2 heterocycles. The van der Waals surface area contributed by atoms with Crippen molar-refractivity contribution in [3.8, 4) is 11.3 Å². The fourth-order valence-corrected chi connectivity index (χ4v) is 3.16. The van der Waals surface area contributed by atoms with Crippen LogP contribution >= 0.6 is 0 Å². The maximum Gasteiger partial charge on any atom is 0.271 e. The van der Waals surface area contributed by atoms with Gasteiger partial charge in [0.05, 0.1) is 5.69 Å². The maximum atomic E-state index is 12.7. The van der Waals surface area contributed by atoms with Gasteiger partial charge in [-0.25, -0.2) is 0 Å². The Bertz CT molecular complexity index is 669. The number of nitrogens with zero attached hydrogens (tertiary/aromatic N) is 2. The van der Waals surface area contributed by atoms with Crippen LogP contribution in [0.2, 0.25) is 0 Å². The largest absolute Gasteiger partial charge is 0.337 e. The molecule has 2 aromatic rings. The van der Waals surface area contributed by atoms with E-state index in [2.05, 4.69) is 41.5 Å². The number of nitrogens with one attached hydrogen (secondary N) is 2. The molecule has 0 radical (unpaired) electrons. The molecule has 0 unspecified atom stereocenters. The minimum Gasteiger partial charge on any atom is -0.337 e. The average molecular weight is 326 g/mol. The Morgan fingerprint density at radius 1 is 1.29 bits per heavy atom. The molecule has 5 nitrogen and oxygen atoms in total. The third-order valence-electron chi connectivity index (χ3n) is 4.74. The summed E-state index contributed by atoms with van der Waals surface area (Å²) in [5.74, 6) is 0.738. The Balaban J connectivity index is 1.61. The molecule has 0 spiro atoms. The van der Waals surface area contributed by atoms with Gasteiger partial charge in [0.1, 0.15) is 5.69 Å². The second-order valence-corrected chi connectivity index (χ2v) is 6.58. The lowest BCUT2D eigenvalue weighted by atomic mass is 9.96. The number of H-pyrrole nitrogens is 1. The minimum atomic E-state index is 0.0581. The van der Waals surface area contributed by atoms with Crippen molar-refractivity contribution in [1.82, 2.24) is 20.4 Å². The molecule has 0 bridgehead atoms. The van der Waals surface area contributed by atoms with Crippen molar-refractivity contribution < 1.29 is 4.79 Å². The lowest BCUT2D eigenvalue weighted by molar-refractivity contribution is 0.0684. The van der Waals surface area contributed by atoms with Crippen LogP contribution < -0.4 is 5.32 Å². The Hall–Kier alpha value is -2.14. The Morgan fingerprint density at radius 3 is 2.67 bits per heavy atom. The van der Waals surface area contributed by atoms with Crippen molar-refractivity contribution in [3.05, 3.63) is 41.6 Å². The van der Waals surface area contributed by atoms with Crippen LogP contribution in [0.25, 0.3) is 11.3 Å². The topological polar surface area (TPSA) is 61.0 Å². The third kappa shape index (κ3) is 3.85. The number of hydrogen-bond donors (Lipinski definition) is 2. The molecule has 1 aliphatic rings. The fraction of sp³-hybridized carbons (Fsp3) is 0.474. The second-order valence-electron chi connectivity index (χ2n) is 6.58. The number of aryl methyl sites for hydroxylation is 1. The first-order valence-electron chi connectivity index (χ1n) is 8.80. The van der Waals surface area contributed by atoms with Crippen molar-refractivity contribution >= 4 is 5.91 Å². The molecular weight excluding hydrogens is 300 g/mol. The molecule has 1 aromatic carbocycles. The van der Waals surface area contributed by atoms with Crippen molar-refractivity contribution in [3.63, 3.8) is 0 Å². The van der Waals surface area contributed by atoms with E-state index in [9.17, 15) is 4.79 Å². The monoisotopic (exact) mass is 326 g/mol. The molecule has 1 amide bonds. The van der Waals surface area contributed by atoms with E-state index in [0.717, 1.165) is 50.3 Å². The van der Waals surface area contributed by atoms with E-state index in [-0.39, 0.29) is 5.91 Å². The van der Waals surface area contributed by atoms with E-state index in [0.29, 0.717) is 11.6 Å². The Labute approximate surface area is 143 Å². The minimum absolute atomic E-state index is 0.0581. The normalized spacial score (nSPS) is 15.7. The number of likely N-dealkylation sites (tertiary alicyclic amines) is 1. The van der Waals surface area contributed by atoms with E-state index < -0.39 is 0 Å². The van der Waals surface area contributed by atoms with Crippen LogP contribution in [-0.4, -0.2) is 47.2 Å². The quantitative estimate of drug-likeness (QED) is 0.888. The summed E-state index contributed by atoms with van der Waals surface area (Å²) in [6.07, 6.45) is 2.13. The zero-order chi connectivity index (χ0) is 16.9. The molecule has 5 heteroatoms. The van der Waals surface area contributed by atoms with Crippen LogP contribution in [0.4, 0.5) is 0 Å². The van der Waals surface area contributed by atoms with Gasteiger partial charge in [-0.2, -0.15) is 5.10 Å². The SMILES string of the molecule is CCNCC1CCN(C(=O)c2cc(-c3ccc(C)cc3)n[nH]2)CC1. The number of aromatic nitrogens is 2. The summed E-state index contributed by atoms with van der Waals surface area (Å²) in [7, 11) is 0. The van der Waals surface area contributed by atoms with Crippen molar-refractivity contribution in [1.29, 1.82) is 0 Å². The molecule has 1 aliphatic heterocycles. The van der Waals surface area contributed by atoms with E-state index in [1.54, 1.807) is 0 Å². The van der Waals surface area contributed by atoms with Crippen LogP contribution in [0.5, 0.6) is 0 Å². The molecule has 1 fully saturated rings. The predicted octanol–water partition coefficient (Wildman–Crippen LogP) is 2.85. The summed E-state index contributed by atoms with van der Waals surface area (Å²) >= 11 is 0. The van der Waals surface area contributed by atoms with Gasteiger partial charge in [0.2, 0.25) is 0 Å². The van der Waals surface area contributed by atoms with E-state index >= 15 is 0 Å². The number of carbonyl (C=O) groups is 1. The second kappa shape index (κ2) is 7.62. The van der Waals surface area contributed by atoms with Crippen molar-refractivity contribution in [2.24, 2.45) is 5.92 Å². The maximum absolute atomic E-state index is 12.7. The highest BCUT2D eigenvalue weighted by Crippen LogP contribution is 2.21. The van der Waals surface area contributed by atoms with Gasteiger partial charge in [-0.1, -0.05) is 36.8 Å². The molecule has 2 N–H and O–H groups in total. The average Bonchev–Trinajstić information content (AvgIpc) is 3.10. The van der Waals surface area contributed by atoms with Crippen LogP contribution in [-0.2, 0) is 0 Å². The molecule has 128 valence electrons. The summed E-state index contributed by atoms with van der Waals surface area (Å²) in [6, 6.07) is 10.0. The van der Waals surface area contributed by atoms with Gasteiger partial charge >= 0.3 is 0 Å². The molecule has 0 atom stereocenters. The molecule has 1 aromatic heterocycles. The highest BCUT2D eigenvalue weighted by atomic mass is 16.2. The van der Waals surface area contributed by atoms with Crippen LogP contribution in [0.15, 0.2) is 30.3 Å². The number of piperidine rings is 1. The third-order valence-corrected chi connectivity index (χ3v) is 4.74. The lowest BCUT2D eigenvalue weighted by Gasteiger charge is -2.31. The summed E-state index contributed by atoms with van der Waals surface area (Å²) < 4.78 is 0. The number of amides is 1. The molecule has 1 saturated heterocycles. The summed E-state index contributed by atoms with van der Waals surface area (Å²) in [5, 5.41) is 10.6. The van der Waals surface area contributed by atoms with Gasteiger partial charge in [0.15, 0.2) is 0 Å². The zero-order valence-electron chi connectivity index (χ0n) is 14.5. The molecule has 0 saturated carbocycles. The van der Waals surface area contributed by atoms with E-state index in [1.807, 2.05) is 23.1 Å². The molecule has 0 aliphatic carbocycles. The first-order valence-corrected chi connectivity index (χ1v) is 8.80. The van der Waals surface area contributed by atoms with Crippen LogP contribution in [0.3, 0.4) is 0 Å². The van der Waals surface area contributed by atoms with Gasteiger partial charge in [0, 0.05) is 18.7 Å². The van der Waals surface area contributed by atoms with Crippen LogP contribution in [0, 0.1) is 12.8 Å². The highest BCUT2D eigenvalue weighted by Gasteiger charge is 2.24. The van der Waals surface area contributed by atoms with E-state index in [4.69, 9.17) is 0 Å². The Morgan fingerprint density at radius 2 is 2.00 bits per heavy atom. The number of aromatic amines is 1. The summed E-state index contributed by atoms with van der Waals surface area (Å²) in [5.41, 5.74) is 3.64. The lowest BCUT2D eigenvalue weighted by Crippen LogP contribution is -2.40. The van der Waals surface area contributed by atoms with E-state index in [1.165, 1.54) is 5.56 Å². The number of hydrogen-bond acceptors (Lipinski definition) is 3. The summed E-state index contributed by atoms with van der Waals surface area (Å²) in [4.78, 5) is 14.6. The van der Waals surface area contributed by atoms with Crippen molar-refractivity contribution in [2.45, 2.75) is 26.7 Å². The molecular formula is C19H26N4O. The van der Waals surface area contributed by atoms with Gasteiger partial charge in [-0.05, 0) is 44.8 Å². The predicted molar refractivity (Wildman–Crippen MR) is 95.9 cm³/mol. The smallest absolute Gasteiger partial charge is 0.271 e. The van der Waals surface area contributed by atoms with Crippen LogP contribution in [0.1, 0.15) is 35.8 Å². The number of benzene rings is 1. The number of carbonyl (C=O) groups excluding carboxylic acids is 1. The van der Waals surface area contributed by atoms with Gasteiger partial charge in [-0.15, -0.1) is 0 Å². The highest BCUT2D eigenvalue weighted by molar-refractivity contribution is 5.93. The van der Waals surface area contributed by atoms with Gasteiger partial charge in [0.25, 0.3) is 5.91 Å². The first kappa shape index (κ1) is 16.7. The molecule has 3 rings (SSSR count). The zero-order valence-corrected chi connectivity index (χ0v) is 14.5. The Kier molecular flexibility index (Phi) is 5.30. The van der Waals surface area contributed by atoms with Gasteiger partial charge in [-0.3, -0.25) is 9.89 Å². The van der Waals surface area contributed by atoms with Crippen molar-refractivity contribution in [2.75, 3.05) is 26.2 Å². The standard InChI is InChI=1S/C19H26N4O/c1-3-20-13-15-8-10-23(11-9-15)19(24)18-12-17(21-22-18)16-6-4-14(2)5-7-16/h4-7,12,15,20H,3,8-11,13H2,1-2H3,(H,21,22). The fourth-order valence-electron chi connectivity index (χ4n) is 3.16. The first-order chi connectivity index (χ1) is 11.7. The van der Waals surface area contributed by atoms with Gasteiger partial charge < -0.3 is 10.2 Å². The number of rotatable bonds is 5.